The first-order valence-corrected chi connectivity index (χ1v) is 7.74. The molecule has 1 atom stereocenters. The number of benzene rings is 1. The van der Waals surface area contributed by atoms with Crippen molar-refractivity contribution < 1.29 is 0 Å². The Morgan fingerprint density at radius 3 is 2.90 bits per heavy atom. The van der Waals surface area contributed by atoms with Gasteiger partial charge in [0.05, 0.1) is 0 Å². The molecule has 1 N–H and O–H groups in total. The molecule has 110 valence electrons. The Morgan fingerprint density at radius 1 is 1.29 bits per heavy atom. The molecule has 1 aromatic carbocycles. The number of rotatable bonds is 4. The molecule has 2 heterocycles. The van der Waals surface area contributed by atoms with Crippen molar-refractivity contribution in [3.05, 3.63) is 53.3 Å². The number of nitrogens with zero attached hydrogens (tertiary/aromatic N) is 2. The first-order chi connectivity index (χ1) is 10.2. The molecule has 0 amide bonds. The lowest BCUT2D eigenvalue weighted by Gasteiger charge is -2.27. The predicted octanol–water partition coefficient (Wildman–Crippen LogP) is 3.58. The SMILES string of the molecule is CCNCc1cnc(C)cc1N1c2ccccc2CC1C. The fourth-order valence-electron chi connectivity index (χ4n) is 3.13. The van der Waals surface area contributed by atoms with Crippen LogP contribution >= 0.6 is 0 Å². The van der Waals surface area contributed by atoms with Crippen LogP contribution in [0.5, 0.6) is 0 Å². The van der Waals surface area contributed by atoms with Crippen LogP contribution in [-0.4, -0.2) is 17.6 Å². The number of nitrogens with one attached hydrogen (secondary N) is 1. The van der Waals surface area contributed by atoms with Crippen molar-refractivity contribution in [3.63, 3.8) is 0 Å². The van der Waals surface area contributed by atoms with E-state index in [0.717, 1.165) is 25.2 Å². The van der Waals surface area contributed by atoms with Gasteiger partial charge in [-0.3, -0.25) is 4.98 Å². The molecule has 0 fully saturated rings. The lowest BCUT2D eigenvalue weighted by molar-refractivity contribution is 0.710. The van der Waals surface area contributed by atoms with E-state index < -0.39 is 0 Å². The minimum Gasteiger partial charge on any atom is -0.338 e. The molecule has 0 spiro atoms. The molecular weight excluding hydrogens is 258 g/mol. The van der Waals surface area contributed by atoms with Crippen molar-refractivity contribution in [2.45, 2.75) is 39.8 Å². The summed E-state index contributed by atoms with van der Waals surface area (Å²) in [7, 11) is 0. The quantitative estimate of drug-likeness (QED) is 0.928. The van der Waals surface area contributed by atoms with E-state index in [1.807, 2.05) is 6.20 Å². The van der Waals surface area contributed by atoms with Gasteiger partial charge in [0.1, 0.15) is 0 Å². The van der Waals surface area contributed by atoms with Crippen LogP contribution in [0, 0.1) is 6.92 Å². The zero-order chi connectivity index (χ0) is 14.8. The second kappa shape index (κ2) is 5.86. The molecule has 2 aromatic rings. The van der Waals surface area contributed by atoms with Crippen LogP contribution in [0.2, 0.25) is 0 Å². The Balaban J connectivity index is 2.05. The molecule has 0 saturated carbocycles. The molecule has 1 unspecified atom stereocenters. The molecular formula is C18H23N3. The Labute approximate surface area is 127 Å². The number of pyridine rings is 1. The molecule has 1 aliphatic rings. The number of hydrogen-bond acceptors (Lipinski definition) is 3. The van der Waals surface area contributed by atoms with Crippen molar-refractivity contribution in [3.8, 4) is 0 Å². The molecule has 1 aliphatic heterocycles. The highest BCUT2D eigenvalue weighted by Gasteiger charge is 2.28. The van der Waals surface area contributed by atoms with Gasteiger partial charge in [0.2, 0.25) is 0 Å². The Hall–Kier alpha value is -1.87. The minimum atomic E-state index is 0.490. The molecule has 0 radical (unpaired) electrons. The maximum absolute atomic E-state index is 4.48. The number of anilines is 2. The van der Waals surface area contributed by atoms with E-state index in [9.17, 15) is 0 Å². The number of hydrogen-bond donors (Lipinski definition) is 1. The largest absolute Gasteiger partial charge is 0.338 e. The van der Waals surface area contributed by atoms with Crippen LogP contribution in [0.1, 0.15) is 30.7 Å². The van der Waals surface area contributed by atoms with Gasteiger partial charge in [0, 0.05) is 41.4 Å². The van der Waals surface area contributed by atoms with Crippen LogP contribution in [0.15, 0.2) is 36.5 Å². The first kappa shape index (κ1) is 14.1. The van der Waals surface area contributed by atoms with Crippen LogP contribution < -0.4 is 10.2 Å². The summed E-state index contributed by atoms with van der Waals surface area (Å²) in [5, 5.41) is 3.42. The molecule has 3 heteroatoms. The maximum Gasteiger partial charge on any atom is 0.0492 e. The summed E-state index contributed by atoms with van der Waals surface area (Å²) in [5.74, 6) is 0. The Bertz CT molecular complexity index is 636. The highest BCUT2D eigenvalue weighted by Crippen LogP contribution is 2.39. The molecule has 3 nitrogen and oxygen atoms in total. The predicted molar refractivity (Wildman–Crippen MR) is 88.1 cm³/mol. The topological polar surface area (TPSA) is 28.2 Å². The van der Waals surface area contributed by atoms with Gasteiger partial charge in [0.25, 0.3) is 0 Å². The van der Waals surface area contributed by atoms with Crippen LogP contribution in [-0.2, 0) is 13.0 Å². The van der Waals surface area contributed by atoms with Crippen molar-refractivity contribution in [2.75, 3.05) is 11.4 Å². The van der Waals surface area contributed by atoms with Gasteiger partial charge >= 0.3 is 0 Å². The highest BCUT2D eigenvalue weighted by molar-refractivity contribution is 5.73. The first-order valence-electron chi connectivity index (χ1n) is 7.74. The number of aryl methyl sites for hydroxylation is 1. The molecule has 0 saturated heterocycles. The second-order valence-corrected chi connectivity index (χ2v) is 5.79. The summed E-state index contributed by atoms with van der Waals surface area (Å²) in [5.41, 5.74) is 6.41. The van der Waals surface area contributed by atoms with E-state index in [1.54, 1.807) is 0 Å². The van der Waals surface area contributed by atoms with Crippen molar-refractivity contribution in [1.82, 2.24) is 10.3 Å². The van der Waals surface area contributed by atoms with E-state index >= 15 is 0 Å². The van der Waals surface area contributed by atoms with Gasteiger partial charge in [-0.25, -0.2) is 0 Å². The molecule has 1 aromatic heterocycles. The van der Waals surface area contributed by atoms with E-state index in [-0.39, 0.29) is 0 Å². The fraction of sp³-hybridized carbons (Fsp3) is 0.389. The van der Waals surface area contributed by atoms with Gasteiger partial charge in [0.15, 0.2) is 0 Å². The summed E-state index contributed by atoms with van der Waals surface area (Å²) >= 11 is 0. The van der Waals surface area contributed by atoms with Crippen molar-refractivity contribution in [2.24, 2.45) is 0 Å². The molecule has 0 bridgehead atoms. The monoisotopic (exact) mass is 281 g/mol. The van der Waals surface area contributed by atoms with E-state index in [0.29, 0.717) is 6.04 Å². The van der Waals surface area contributed by atoms with E-state index in [4.69, 9.17) is 0 Å². The second-order valence-electron chi connectivity index (χ2n) is 5.79. The van der Waals surface area contributed by atoms with Gasteiger partial charge in [-0.05, 0) is 44.5 Å². The average Bonchev–Trinajstić information content (AvgIpc) is 2.81. The fourth-order valence-corrected chi connectivity index (χ4v) is 3.13. The van der Waals surface area contributed by atoms with E-state index in [1.165, 1.54) is 22.5 Å². The Morgan fingerprint density at radius 2 is 2.10 bits per heavy atom. The lowest BCUT2D eigenvalue weighted by Crippen LogP contribution is -2.26. The van der Waals surface area contributed by atoms with E-state index in [2.05, 4.69) is 66.3 Å². The van der Waals surface area contributed by atoms with Crippen molar-refractivity contribution >= 4 is 11.4 Å². The molecule has 21 heavy (non-hydrogen) atoms. The Kier molecular flexibility index (Phi) is 3.93. The average molecular weight is 281 g/mol. The summed E-state index contributed by atoms with van der Waals surface area (Å²) in [4.78, 5) is 6.95. The zero-order valence-electron chi connectivity index (χ0n) is 13.1. The summed E-state index contributed by atoms with van der Waals surface area (Å²) in [6.45, 7) is 8.33. The summed E-state index contributed by atoms with van der Waals surface area (Å²) < 4.78 is 0. The highest BCUT2D eigenvalue weighted by atomic mass is 15.2. The van der Waals surface area contributed by atoms with Gasteiger partial charge < -0.3 is 10.2 Å². The third kappa shape index (κ3) is 2.66. The third-order valence-corrected chi connectivity index (χ3v) is 4.13. The number of para-hydroxylation sites is 1. The number of fused-ring (bicyclic) bond motifs is 1. The minimum absolute atomic E-state index is 0.490. The lowest BCUT2D eigenvalue weighted by atomic mass is 10.1. The summed E-state index contributed by atoms with van der Waals surface area (Å²) in [6.07, 6.45) is 3.12. The standard InChI is InChI=1S/C18H23N3/c1-4-19-11-16-12-20-13(2)9-18(16)21-14(3)10-15-7-5-6-8-17(15)21/h5-9,12,14,19H,4,10-11H2,1-3H3. The summed E-state index contributed by atoms with van der Waals surface area (Å²) in [6, 6.07) is 11.4. The third-order valence-electron chi connectivity index (χ3n) is 4.13. The van der Waals surface area contributed by atoms with Crippen molar-refractivity contribution in [1.29, 1.82) is 0 Å². The van der Waals surface area contributed by atoms with Crippen LogP contribution in [0.25, 0.3) is 0 Å². The van der Waals surface area contributed by atoms with Crippen LogP contribution in [0.3, 0.4) is 0 Å². The maximum atomic E-state index is 4.48. The zero-order valence-corrected chi connectivity index (χ0v) is 13.1. The van der Waals surface area contributed by atoms with Gasteiger partial charge in [-0.15, -0.1) is 0 Å². The molecule has 0 aliphatic carbocycles. The van der Waals surface area contributed by atoms with Crippen LogP contribution in [0.4, 0.5) is 11.4 Å². The molecule has 3 rings (SSSR count). The normalized spacial score (nSPS) is 17.1. The number of aromatic nitrogens is 1. The van der Waals surface area contributed by atoms with Gasteiger partial charge in [-0.1, -0.05) is 25.1 Å². The van der Waals surface area contributed by atoms with Gasteiger partial charge in [-0.2, -0.15) is 0 Å². The smallest absolute Gasteiger partial charge is 0.0492 e.